The van der Waals surface area contributed by atoms with Gasteiger partial charge in [-0.3, -0.25) is 4.68 Å². The Morgan fingerprint density at radius 3 is 2.83 bits per heavy atom. The largest absolute Gasteiger partial charge is 0.379 e. The van der Waals surface area contributed by atoms with Crippen LogP contribution in [0.3, 0.4) is 0 Å². The Balaban J connectivity index is 2.06. The number of aryl methyl sites for hydroxylation is 1. The van der Waals surface area contributed by atoms with Crippen LogP contribution >= 0.6 is 15.9 Å². The molecule has 0 atom stereocenters. The van der Waals surface area contributed by atoms with Crippen molar-refractivity contribution in [3.63, 3.8) is 0 Å². The van der Waals surface area contributed by atoms with Crippen molar-refractivity contribution >= 4 is 21.6 Å². The van der Waals surface area contributed by atoms with Gasteiger partial charge in [0.05, 0.1) is 11.9 Å². The molecule has 1 aromatic heterocycles. The number of nitrogens with zero attached hydrogens (tertiary/aromatic N) is 2. The summed E-state index contributed by atoms with van der Waals surface area (Å²) in [4.78, 5) is 0. The second kappa shape index (κ2) is 3.09. The third-order valence-corrected chi connectivity index (χ3v) is 3.27. The highest BCUT2D eigenvalue weighted by Gasteiger charge is 2.18. The Labute approximate surface area is 80.3 Å². The molecule has 0 radical (unpaired) electrons. The molecule has 0 spiro atoms. The van der Waals surface area contributed by atoms with Crippen LogP contribution in [0.25, 0.3) is 0 Å². The monoisotopic (exact) mass is 229 g/mol. The third-order valence-electron chi connectivity index (χ3n) is 2.33. The van der Waals surface area contributed by atoms with Gasteiger partial charge >= 0.3 is 0 Å². The van der Waals surface area contributed by atoms with Gasteiger partial charge in [-0.25, -0.2) is 0 Å². The second-order valence-corrected chi connectivity index (χ2v) is 4.00. The van der Waals surface area contributed by atoms with E-state index in [2.05, 4.69) is 26.3 Å². The molecule has 66 valence electrons. The summed E-state index contributed by atoms with van der Waals surface area (Å²) in [5.41, 5.74) is 1.11. The van der Waals surface area contributed by atoms with Crippen LogP contribution < -0.4 is 5.32 Å². The quantitative estimate of drug-likeness (QED) is 0.843. The van der Waals surface area contributed by atoms with Gasteiger partial charge < -0.3 is 5.32 Å². The minimum Gasteiger partial charge on any atom is -0.379 e. The minimum atomic E-state index is 0.672. The molecule has 3 nitrogen and oxygen atoms in total. The summed E-state index contributed by atoms with van der Waals surface area (Å²) in [6, 6.07) is 0.672. The number of hydrogen-bond donors (Lipinski definition) is 1. The smallest absolute Gasteiger partial charge is 0.126 e. The third kappa shape index (κ3) is 1.35. The van der Waals surface area contributed by atoms with Gasteiger partial charge in [-0.15, -0.1) is 0 Å². The van der Waals surface area contributed by atoms with Crippen LogP contribution in [-0.2, 0) is 7.05 Å². The molecule has 1 saturated carbocycles. The van der Waals surface area contributed by atoms with E-state index in [0.29, 0.717) is 6.04 Å². The summed E-state index contributed by atoms with van der Waals surface area (Å²) < 4.78 is 2.86. The number of nitrogens with one attached hydrogen (secondary N) is 1. The fourth-order valence-electron chi connectivity index (χ4n) is 1.29. The summed E-state index contributed by atoms with van der Waals surface area (Å²) in [5, 5.41) is 7.57. The fraction of sp³-hybridized carbons (Fsp3) is 0.625. The highest BCUT2D eigenvalue weighted by atomic mass is 79.9. The van der Waals surface area contributed by atoms with Crippen molar-refractivity contribution in [2.75, 3.05) is 5.32 Å². The van der Waals surface area contributed by atoms with Crippen molar-refractivity contribution in [1.29, 1.82) is 0 Å². The maximum atomic E-state index is 4.13. The van der Waals surface area contributed by atoms with Gasteiger partial charge in [0.15, 0.2) is 0 Å². The Morgan fingerprint density at radius 2 is 2.42 bits per heavy atom. The number of rotatable bonds is 2. The Kier molecular flexibility index (Phi) is 2.09. The highest BCUT2D eigenvalue weighted by Crippen LogP contribution is 2.27. The summed E-state index contributed by atoms with van der Waals surface area (Å²) in [7, 11) is 1.93. The molecule has 1 aliphatic rings. The molecule has 0 amide bonds. The Hall–Kier alpha value is -0.510. The molecular weight excluding hydrogens is 218 g/mol. The second-order valence-electron chi connectivity index (χ2n) is 3.24. The minimum absolute atomic E-state index is 0.672. The molecule has 0 unspecified atom stereocenters. The molecular formula is C8H12BrN3. The summed E-state index contributed by atoms with van der Waals surface area (Å²) >= 11 is 3.47. The molecule has 1 aliphatic carbocycles. The zero-order valence-electron chi connectivity index (χ0n) is 7.05. The van der Waals surface area contributed by atoms with Crippen molar-refractivity contribution in [3.8, 4) is 0 Å². The van der Waals surface area contributed by atoms with Crippen LogP contribution in [0, 0.1) is 0 Å². The maximum Gasteiger partial charge on any atom is 0.126 e. The predicted octanol–water partition coefficient (Wildman–Crippen LogP) is 2.15. The normalized spacial score (nSPS) is 17.5. The maximum absolute atomic E-state index is 4.13. The first-order valence-electron chi connectivity index (χ1n) is 4.21. The van der Waals surface area contributed by atoms with Gasteiger partial charge in [0, 0.05) is 13.1 Å². The molecule has 0 bridgehead atoms. The molecule has 1 fully saturated rings. The van der Waals surface area contributed by atoms with E-state index in [4.69, 9.17) is 0 Å². The van der Waals surface area contributed by atoms with Crippen molar-refractivity contribution in [3.05, 3.63) is 10.8 Å². The van der Waals surface area contributed by atoms with Gasteiger partial charge in [-0.05, 0) is 35.2 Å². The van der Waals surface area contributed by atoms with E-state index in [1.165, 1.54) is 19.3 Å². The van der Waals surface area contributed by atoms with Crippen LogP contribution in [0.2, 0.25) is 0 Å². The van der Waals surface area contributed by atoms with Crippen molar-refractivity contribution < 1.29 is 0 Å². The molecule has 0 aromatic carbocycles. The average molecular weight is 230 g/mol. The molecule has 0 saturated heterocycles. The molecule has 0 aliphatic heterocycles. The summed E-state index contributed by atoms with van der Waals surface area (Å²) in [5.74, 6) is 0. The van der Waals surface area contributed by atoms with Gasteiger partial charge in [0.1, 0.15) is 4.60 Å². The van der Waals surface area contributed by atoms with E-state index in [9.17, 15) is 0 Å². The fourth-order valence-corrected chi connectivity index (χ4v) is 1.60. The Bertz CT molecular complexity index is 278. The molecule has 1 heterocycles. The molecule has 12 heavy (non-hydrogen) atoms. The average Bonchev–Trinajstić information content (AvgIpc) is 2.27. The summed E-state index contributed by atoms with van der Waals surface area (Å²) in [6.45, 7) is 0. The van der Waals surface area contributed by atoms with Crippen LogP contribution in [-0.4, -0.2) is 15.8 Å². The number of hydrogen-bond acceptors (Lipinski definition) is 2. The van der Waals surface area contributed by atoms with Crippen LogP contribution in [0.4, 0.5) is 5.69 Å². The lowest BCUT2D eigenvalue weighted by Crippen LogP contribution is -2.26. The van der Waals surface area contributed by atoms with Gasteiger partial charge in [0.25, 0.3) is 0 Å². The predicted molar refractivity (Wildman–Crippen MR) is 52.2 cm³/mol. The number of aromatic nitrogens is 2. The van der Waals surface area contributed by atoms with E-state index in [0.717, 1.165) is 10.3 Å². The first kappa shape index (κ1) is 8.10. The number of halogens is 1. The van der Waals surface area contributed by atoms with E-state index >= 15 is 0 Å². The van der Waals surface area contributed by atoms with E-state index in [1.807, 2.05) is 17.9 Å². The standard InChI is InChI=1S/C8H12BrN3/c1-12-8(9)7(5-10-12)11-6-3-2-4-6/h5-6,11H,2-4H2,1H3. The zero-order chi connectivity index (χ0) is 8.55. The van der Waals surface area contributed by atoms with Crippen molar-refractivity contribution in [2.45, 2.75) is 25.3 Å². The van der Waals surface area contributed by atoms with Crippen LogP contribution in [0.5, 0.6) is 0 Å². The molecule has 4 heteroatoms. The lowest BCUT2D eigenvalue weighted by molar-refractivity contribution is 0.445. The first-order chi connectivity index (χ1) is 5.77. The molecule has 1 aromatic rings. The lowest BCUT2D eigenvalue weighted by Gasteiger charge is -2.26. The molecule has 2 rings (SSSR count). The van der Waals surface area contributed by atoms with Gasteiger partial charge in [-0.2, -0.15) is 5.10 Å². The Morgan fingerprint density at radius 1 is 1.67 bits per heavy atom. The SMILES string of the molecule is Cn1ncc(NC2CCC2)c1Br. The van der Waals surface area contributed by atoms with E-state index in [-0.39, 0.29) is 0 Å². The first-order valence-corrected chi connectivity index (χ1v) is 5.00. The van der Waals surface area contributed by atoms with Gasteiger partial charge in [-0.1, -0.05) is 0 Å². The van der Waals surface area contributed by atoms with E-state index < -0.39 is 0 Å². The topological polar surface area (TPSA) is 29.9 Å². The lowest BCUT2D eigenvalue weighted by atomic mass is 9.93. The molecule has 1 N–H and O–H groups in total. The highest BCUT2D eigenvalue weighted by molar-refractivity contribution is 9.10. The van der Waals surface area contributed by atoms with E-state index in [1.54, 1.807) is 0 Å². The van der Waals surface area contributed by atoms with Crippen LogP contribution in [0.15, 0.2) is 10.8 Å². The van der Waals surface area contributed by atoms with Crippen LogP contribution in [0.1, 0.15) is 19.3 Å². The van der Waals surface area contributed by atoms with Crippen molar-refractivity contribution in [1.82, 2.24) is 9.78 Å². The number of anilines is 1. The van der Waals surface area contributed by atoms with Gasteiger partial charge in [0.2, 0.25) is 0 Å². The summed E-state index contributed by atoms with van der Waals surface area (Å²) in [6.07, 6.45) is 5.81. The zero-order valence-corrected chi connectivity index (χ0v) is 8.63. The van der Waals surface area contributed by atoms with Crippen molar-refractivity contribution in [2.24, 2.45) is 7.05 Å².